The Morgan fingerprint density at radius 1 is 0.750 bits per heavy atom. The van der Waals surface area contributed by atoms with E-state index in [2.05, 4.69) is 10.6 Å². The summed E-state index contributed by atoms with van der Waals surface area (Å²) in [5.41, 5.74) is 3.13. The van der Waals surface area contributed by atoms with Gasteiger partial charge >= 0.3 is 0 Å². The fourth-order valence-corrected chi connectivity index (χ4v) is 2.93. The predicted octanol–water partition coefficient (Wildman–Crippen LogP) is 5.25. The second kappa shape index (κ2) is 7.40. The number of carbonyl (C=O) groups excluding carboxylic acids is 2. The molecule has 0 radical (unpaired) electrons. The average molecular weight is 370 g/mol. The number of hydrogen-bond donors (Lipinski definition) is 2. The van der Waals surface area contributed by atoms with Crippen molar-refractivity contribution < 1.29 is 14.0 Å². The van der Waals surface area contributed by atoms with E-state index in [-0.39, 0.29) is 11.7 Å². The fourth-order valence-electron chi connectivity index (χ4n) is 2.93. The molecule has 1 heterocycles. The van der Waals surface area contributed by atoms with E-state index in [1.54, 1.807) is 30.3 Å². The van der Waals surface area contributed by atoms with Crippen LogP contribution >= 0.6 is 0 Å². The molecule has 0 aliphatic heterocycles. The van der Waals surface area contributed by atoms with Gasteiger partial charge in [0, 0.05) is 16.6 Å². The number of anilines is 2. The highest BCUT2D eigenvalue weighted by Crippen LogP contribution is 2.32. The molecule has 5 heteroatoms. The van der Waals surface area contributed by atoms with Gasteiger partial charge in [0.15, 0.2) is 0 Å². The van der Waals surface area contributed by atoms with Crippen LogP contribution in [-0.2, 0) is 0 Å². The number of amides is 2. The lowest BCUT2D eigenvalue weighted by atomic mass is 10.1. The highest BCUT2D eigenvalue weighted by atomic mass is 16.3. The summed E-state index contributed by atoms with van der Waals surface area (Å²) < 4.78 is 5.77. The van der Waals surface area contributed by atoms with Crippen LogP contribution < -0.4 is 10.6 Å². The molecule has 4 aromatic rings. The molecule has 0 saturated heterocycles. The first kappa shape index (κ1) is 17.5. The lowest BCUT2D eigenvalue weighted by Gasteiger charge is -2.07. The van der Waals surface area contributed by atoms with Gasteiger partial charge in [-0.2, -0.15) is 0 Å². The summed E-state index contributed by atoms with van der Waals surface area (Å²) in [6.45, 7) is 1.97. The molecular weight excluding hydrogens is 352 g/mol. The molecule has 2 amide bonds. The second-order valence-electron chi connectivity index (χ2n) is 6.44. The Morgan fingerprint density at radius 2 is 1.43 bits per heavy atom. The summed E-state index contributed by atoms with van der Waals surface area (Å²) in [6, 6.07) is 23.5. The molecule has 0 spiro atoms. The molecule has 5 nitrogen and oxygen atoms in total. The molecule has 1 aromatic heterocycles. The van der Waals surface area contributed by atoms with Crippen LogP contribution in [0.2, 0.25) is 0 Å². The first-order valence-corrected chi connectivity index (χ1v) is 8.88. The first-order chi connectivity index (χ1) is 13.6. The summed E-state index contributed by atoms with van der Waals surface area (Å²) in [7, 11) is 0. The molecule has 2 N–H and O–H groups in total. The number of hydrogen-bond acceptors (Lipinski definition) is 3. The molecule has 0 bridgehead atoms. The van der Waals surface area contributed by atoms with Crippen molar-refractivity contribution in [3.8, 4) is 0 Å². The summed E-state index contributed by atoms with van der Waals surface area (Å²) in [6.07, 6.45) is 0. The fraction of sp³-hybridized carbons (Fsp3) is 0.0435. The van der Waals surface area contributed by atoms with E-state index in [0.29, 0.717) is 27.9 Å². The number of aryl methyl sites for hydroxylation is 1. The number of benzene rings is 3. The first-order valence-electron chi connectivity index (χ1n) is 8.88. The van der Waals surface area contributed by atoms with Crippen molar-refractivity contribution >= 4 is 34.2 Å². The van der Waals surface area contributed by atoms with E-state index in [1.807, 2.05) is 55.5 Å². The van der Waals surface area contributed by atoms with Gasteiger partial charge < -0.3 is 15.1 Å². The lowest BCUT2D eigenvalue weighted by Crippen LogP contribution is -2.17. The molecule has 0 aliphatic carbocycles. The van der Waals surface area contributed by atoms with Gasteiger partial charge in [-0.15, -0.1) is 0 Å². The smallest absolute Gasteiger partial charge is 0.293 e. The van der Waals surface area contributed by atoms with E-state index in [4.69, 9.17) is 4.42 Å². The third kappa shape index (κ3) is 3.50. The van der Waals surface area contributed by atoms with Gasteiger partial charge in [0.1, 0.15) is 11.3 Å². The molecule has 0 atom stereocenters. The van der Waals surface area contributed by atoms with Crippen LogP contribution in [0.1, 0.15) is 26.5 Å². The van der Waals surface area contributed by atoms with E-state index >= 15 is 0 Å². The van der Waals surface area contributed by atoms with Crippen molar-refractivity contribution in [2.24, 2.45) is 0 Å². The zero-order chi connectivity index (χ0) is 19.5. The van der Waals surface area contributed by atoms with Crippen molar-refractivity contribution in [3.05, 3.63) is 95.7 Å². The van der Waals surface area contributed by atoms with Gasteiger partial charge in [0.25, 0.3) is 11.8 Å². The Bertz CT molecular complexity index is 1150. The van der Waals surface area contributed by atoms with Crippen LogP contribution in [0.15, 0.2) is 83.3 Å². The maximum atomic E-state index is 12.9. The third-order valence-electron chi connectivity index (χ3n) is 4.39. The van der Waals surface area contributed by atoms with Gasteiger partial charge in [0.05, 0.1) is 0 Å². The van der Waals surface area contributed by atoms with Crippen molar-refractivity contribution in [2.75, 3.05) is 10.6 Å². The van der Waals surface area contributed by atoms with Crippen molar-refractivity contribution in [1.29, 1.82) is 0 Å². The zero-order valence-electron chi connectivity index (χ0n) is 15.2. The highest BCUT2D eigenvalue weighted by Gasteiger charge is 2.22. The van der Waals surface area contributed by atoms with Crippen LogP contribution in [0.3, 0.4) is 0 Å². The third-order valence-corrected chi connectivity index (χ3v) is 4.39. The Morgan fingerprint density at radius 3 is 2.18 bits per heavy atom. The van der Waals surface area contributed by atoms with E-state index < -0.39 is 5.91 Å². The number of fused-ring (bicyclic) bond motifs is 1. The Hall–Kier alpha value is -3.86. The SMILES string of the molecule is Cc1ccc(NC(=O)c2oc3ccccc3c2NC(=O)c2ccccc2)cc1. The monoisotopic (exact) mass is 370 g/mol. The maximum absolute atomic E-state index is 12.9. The zero-order valence-corrected chi connectivity index (χ0v) is 15.2. The Labute approximate surface area is 162 Å². The average Bonchev–Trinajstić information content (AvgIpc) is 3.09. The molecule has 0 unspecified atom stereocenters. The molecule has 0 saturated carbocycles. The van der Waals surface area contributed by atoms with Crippen LogP contribution in [0, 0.1) is 6.92 Å². The highest BCUT2D eigenvalue weighted by molar-refractivity contribution is 6.16. The second-order valence-corrected chi connectivity index (χ2v) is 6.44. The molecular formula is C23H18N2O3. The van der Waals surface area contributed by atoms with E-state index in [0.717, 1.165) is 5.56 Å². The van der Waals surface area contributed by atoms with Gasteiger partial charge in [-0.25, -0.2) is 0 Å². The standard InChI is InChI=1S/C23H18N2O3/c1-15-11-13-17(14-12-15)24-23(27)21-20(18-9-5-6-10-19(18)28-21)25-22(26)16-7-3-2-4-8-16/h2-14H,1H3,(H,24,27)(H,25,26). The summed E-state index contributed by atoms with van der Waals surface area (Å²) in [4.78, 5) is 25.5. The summed E-state index contributed by atoms with van der Waals surface area (Å²) in [5.74, 6) is -0.675. The summed E-state index contributed by atoms with van der Waals surface area (Å²) >= 11 is 0. The normalized spacial score (nSPS) is 10.6. The predicted molar refractivity (Wildman–Crippen MR) is 110 cm³/mol. The number of carbonyl (C=O) groups is 2. The van der Waals surface area contributed by atoms with Crippen LogP contribution in [0.25, 0.3) is 11.0 Å². The van der Waals surface area contributed by atoms with E-state index in [9.17, 15) is 9.59 Å². The molecule has 0 fully saturated rings. The number of para-hydroxylation sites is 1. The number of furan rings is 1. The van der Waals surface area contributed by atoms with Crippen LogP contribution in [-0.4, -0.2) is 11.8 Å². The Balaban J connectivity index is 1.69. The molecule has 3 aromatic carbocycles. The minimum Gasteiger partial charge on any atom is -0.449 e. The minimum absolute atomic E-state index is 0.0612. The van der Waals surface area contributed by atoms with E-state index in [1.165, 1.54) is 0 Å². The topological polar surface area (TPSA) is 71.3 Å². The van der Waals surface area contributed by atoms with Crippen molar-refractivity contribution in [1.82, 2.24) is 0 Å². The lowest BCUT2D eigenvalue weighted by molar-refractivity contribution is 0.0999. The largest absolute Gasteiger partial charge is 0.449 e. The molecule has 28 heavy (non-hydrogen) atoms. The maximum Gasteiger partial charge on any atom is 0.293 e. The molecule has 138 valence electrons. The van der Waals surface area contributed by atoms with Crippen LogP contribution in [0.4, 0.5) is 11.4 Å². The van der Waals surface area contributed by atoms with Gasteiger partial charge in [-0.05, 0) is 43.3 Å². The summed E-state index contributed by atoms with van der Waals surface area (Å²) in [5, 5.41) is 6.32. The van der Waals surface area contributed by atoms with Crippen LogP contribution in [0.5, 0.6) is 0 Å². The number of rotatable bonds is 4. The quantitative estimate of drug-likeness (QED) is 0.516. The molecule has 0 aliphatic rings. The van der Waals surface area contributed by atoms with Crippen molar-refractivity contribution in [2.45, 2.75) is 6.92 Å². The molecule has 4 rings (SSSR count). The Kier molecular flexibility index (Phi) is 4.64. The van der Waals surface area contributed by atoms with Gasteiger partial charge in [-0.1, -0.05) is 48.0 Å². The van der Waals surface area contributed by atoms with Gasteiger partial charge in [-0.3, -0.25) is 9.59 Å². The number of nitrogens with one attached hydrogen (secondary N) is 2. The minimum atomic E-state index is -0.427. The van der Waals surface area contributed by atoms with Gasteiger partial charge in [0.2, 0.25) is 5.76 Å². The van der Waals surface area contributed by atoms with Crippen molar-refractivity contribution in [3.63, 3.8) is 0 Å².